The summed E-state index contributed by atoms with van der Waals surface area (Å²) < 4.78 is 7.26. The summed E-state index contributed by atoms with van der Waals surface area (Å²) in [7, 11) is 1.74. The predicted molar refractivity (Wildman–Crippen MR) is 119 cm³/mol. The van der Waals surface area contributed by atoms with Gasteiger partial charge < -0.3 is 9.30 Å². The highest BCUT2D eigenvalue weighted by atomic mass is 32.2. The molecule has 0 saturated carbocycles. The monoisotopic (exact) mass is 446 g/mol. The molecular weight excluding hydrogens is 428 g/mol. The van der Waals surface area contributed by atoms with Gasteiger partial charge in [-0.05, 0) is 41.1 Å². The highest BCUT2D eigenvalue weighted by molar-refractivity contribution is 7.99. The van der Waals surface area contributed by atoms with Crippen molar-refractivity contribution in [1.29, 1.82) is 0 Å². The van der Waals surface area contributed by atoms with Gasteiger partial charge in [-0.3, -0.25) is 10.1 Å². The van der Waals surface area contributed by atoms with Gasteiger partial charge in [0.05, 0.1) is 15.4 Å². The van der Waals surface area contributed by atoms with Gasteiger partial charge in [0, 0.05) is 19.5 Å². The number of benzene rings is 3. The summed E-state index contributed by atoms with van der Waals surface area (Å²) in [6, 6.07) is 21.3. The fourth-order valence-corrected chi connectivity index (χ4v) is 3.91. The molecule has 0 spiro atoms. The third-order valence-corrected chi connectivity index (χ3v) is 5.79. The van der Waals surface area contributed by atoms with Crippen molar-refractivity contribution in [3.63, 3.8) is 0 Å². The maximum atomic E-state index is 12.8. The Hall–Kier alpha value is -3.98. The summed E-state index contributed by atoms with van der Waals surface area (Å²) in [6.45, 7) is 0. The van der Waals surface area contributed by atoms with E-state index in [4.69, 9.17) is 4.74 Å². The summed E-state index contributed by atoms with van der Waals surface area (Å²) in [5.74, 6) is -0.245. The highest BCUT2D eigenvalue weighted by Gasteiger charge is 2.21. The molecule has 0 atom stereocenters. The molecule has 1 aromatic heterocycles. The first kappa shape index (κ1) is 21.3. The molecule has 8 nitrogen and oxygen atoms in total. The van der Waals surface area contributed by atoms with Gasteiger partial charge in [0.2, 0.25) is 0 Å². The Morgan fingerprint density at radius 3 is 2.56 bits per heavy atom. The minimum atomic E-state index is -0.663. The second-order valence-corrected chi connectivity index (χ2v) is 7.93. The first-order valence-corrected chi connectivity index (χ1v) is 10.5. The van der Waals surface area contributed by atoms with Gasteiger partial charge in [-0.1, -0.05) is 48.5 Å². The van der Waals surface area contributed by atoms with Crippen molar-refractivity contribution in [2.24, 2.45) is 7.05 Å². The quantitative estimate of drug-likeness (QED) is 0.176. The number of aryl methyl sites for hydroxylation is 1. The molecule has 9 heteroatoms. The van der Waals surface area contributed by atoms with Gasteiger partial charge in [-0.25, -0.2) is 4.79 Å². The smallest absolute Gasteiger partial charge is 0.343 e. The lowest BCUT2D eigenvalue weighted by Crippen LogP contribution is -2.10. The van der Waals surface area contributed by atoms with Crippen molar-refractivity contribution < 1.29 is 14.5 Å². The second-order valence-electron chi connectivity index (χ2n) is 6.93. The number of nitro benzene ring substituents is 1. The van der Waals surface area contributed by atoms with E-state index in [1.54, 1.807) is 23.7 Å². The molecule has 0 aliphatic carbocycles. The van der Waals surface area contributed by atoms with Crippen LogP contribution in [0.15, 0.2) is 89.2 Å². The maximum absolute atomic E-state index is 12.8. The fourth-order valence-electron chi connectivity index (χ4n) is 3.06. The second kappa shape index (κ2) is 9.44. The number of carbonyl (C=O) groups excluding carboxylic acids is 1. The number of esters is 1. The molecule has 0 aliphatic rings. The minimum absolute atomic E-state index is 0.0912. The molecule has 0 amide bonds. The van der Waals surface area contributed by atoms with Gasteiger partial charge in [0.25, 0.3) is 5.69 Å². The number of hydrogen-bond acceptors (Lipinski definition) is 7. The van der Waals surface area contributed by atoms with Crippen LogP contribution in [0, 0.1) is 10.1 Å². The predicted octanol–water partition coefficient (Wildman–Crippen LogP) is 4.68. The van der Waals surface area contributed by atoms with Crippen LogP contribution in [0.3, 0.4) is 0 Å². The van der Waals surface area contributed by atoms with Crippen molar-refractivity contribution >= 4 is 23.4 Å². The molecule has 0 fully saturated rings. The van der Waals surface area contributed by atoms with Gasteiger partial charge in [-0.2, -0.15) is 0 Å². The zero-order valence-corrected chi connectivity index (χ0v) is 17.9. The standard InChI is InChI=1S/C23H18N4O4S/c1-26-15-24-25-23(26)32-21-12-11-18(14-19(21)27(29)30)22(28)31-20-10-6-5-9-17(20)13-16-7-3-2-4-8-16/h2-12,14-15H,13H2,1H3. The third kappa shape index (κ3) is 4.84. The number of aromatic nitrogens is 3. The van der Waals surface area contributed by atoms with Gasteiger partial charge >= 0.3 is 5.97 Å². The van der Waals surface area contributed by atoms with E-state index < -0.39 is 10.9 Å². The van der Waals surface area contributed by atoms with Crippen LogP contribution in [0.4, 0.5) is 5.69 Å². The van der Waals surface area contributed by atoms with E-state index in [-0.39, 0.29) is 11.3 Å². The summed E-state index contributed by atoms with van der Waals surface area (Å²) in [4.78, 5) is 24.2. The molecule has 0 aliphatic heterocycles. The summed E-state index contributed by atoms with van der Waals surface area (Å²) in [5, 5.41) is 19.8. The Morgan fingerprint density at radius 1 is 1.09 bits per heavy atom. The minimum Gasteiger partial charge on any atom is -0.423 e. The van der Waals surface area contributed by atoms with E-state index >= 15 is 0 Å². The molecule has 4 aromatic rings. The molecule has 0 unspecified atom stereocenters. The summed E-state index contributed by atoms with van der Waals surface area (Å²) in [6.07, 6.45) is 2.10. The van der Waals surface area contributed by atoms with Crippen LogP contribution in [0.5, 0.6) is 5.75 Å². The molecule has 32 heavy (non-hydrogen) atoms. The molecule has 0 bridgehead atoms. The van der Waals surface area contributed by atoms with E-state index in [1.807, 2.05) is 42.5 Å². The van der Waals surface area contributed by atoms with Crippen LogP contribution in [0.2, 0.25) is 0 Å². The summed E-state index contributed by atoms with van der Waals surface area (Å²) >= 11 is 1.10. The Kier molecular flexibility index (Phi) is 6.27. The van der Waals surface area contributed by atoms with E-state index in [2.05, 4.69) is 10.2 Å². The zero-order valence-electron chi connectivity index (χ0n) is 17.0. The lowest BCUT2D eigenvalue weighted by atomic mass is 10.0. The van der Waals surface area contributed by atoms with E-state index in [1.165, 1.54) is 24.5 Å². The lowest BCUT2D eigenvalue weighted by Gasteiger charge is -2.11. The van der Waals surface area contributed by atoms with Gasteiger partial charge in [0.1, 0.15) is 12.1 Å². The van der Waals surface area contributed by atoms with Crippen molar-refractivity contribution in [2.45, 2.75) is 16.5 Å². The number of nitro groups is 1. The molecule has 0 N–H and O–H groups in total. The summed E-state index contributed by atoms with van der Waals surface area (Å²) in [5.41, 5.74) is 1.81. The number of nitrogens with zero attached hydrogens (tertiary/aromatic N) is 4. The van der Waals surface area contributed by atoms with Crippen molar-refractivity contribution in [2.75, 3.05) is 0 Å². The van der Waals surface area contributed by atoms with Crippen LogP contribution in [0.25, 0.3) is 0 Å². The average Bonchev–Trinajstić information content (AvgIpc) is 3.20. The van der Waals surface area contributed by atoms with Crippen LogP contribution in [-0.4, -0.2) is 25.7 Å². The van der Waals surface area contributed by atoms with Crippen LogP contribution >= 0.6 is 11.8 Å². The fraction of sp³-hybridized carbons (Fsp3) is 0.0870. The van der Waals surface area contributed by atoms with E-state index in [0.29, 0.717) is 22.2 Å². The molecule has 3 aromatic carbocycles. The van der Waals surface area contributed by atoms with Crippen LogP contribution in [-0.2, 0) is 13.5 Å². The van der Waals surface area contributed by atoms with Gasteiger partial charge in [-0.15, -0.1) is 10.2 Å². The Balaban J connectivity index is 1.57. The molecule has 0 radical (unpaired) electrons. The largest absolute Gasteiger partial charge is 0.423 e. The first-order chi connectivity index (χ1) is 15.5. The third-order valence-electron chi connectivity index (χ3n) is 4.68. The van der Waals surface area contributed by atoms with Crippen LogP contribution < -0.4 is 4.74 Å². The topological polar surface area (TPSA) is 100 Å². The van der Waals surface area contributed by atoms with Crippen molar-refractivity contribution in [1.82, 2.24) is 14.8 Å². The Morgan fingerprint density at radius 2 is 1.84 bits per heavy atom. The number of para-hydroxylation sites is 1. The van der Waals surface area contributed by atoms with Crippen molar-refractivity contribution in [3.8, 4) is 5.75 Å². The Bertz CT molecular complexity index is 1270. The molecule has 4 rings (SSSR count). The first-order valence-electron chi connectivity index (χ1n) is 9.65. The molecule has 0 saturated heterocycles. The molecule has 160 valence electrons. The number of carbonyl (C=O) groups is 1. The zero-order chi connectivity index (χ0) is 22.5. The SMILES string of the molecule is Cn1cnnc1Sc1ccc(C(=O)Oc2ccccc2Cc2ccccc2)cc1[N+](=O)[O-]. The maximum Gasteiger partial charge on any atom is 0.343 e. The molecule has 1 heterocycles. The van der Waals surface area contributed by atoms with Crippen molar-refractivity contribution in [3.05, 3.63) is 106 Å². The number of ether oxygens (including phenoxy) is 1. The average molecular weight is 446 g/mol. The normalized spacial score (nSPS) is 10.7. The Labute approximate surface area is 188 Å². The van der Waals surface area contributed by atoms with Crippen LogP contribution in [0.1, 0.15) is 21.5 Å². The van der Waals surface area contributed by atoms with E-state index in [9.17, 15) is 14.9 Å². The number of hydrogen-bond donors (Lipinski definition) is 0. The lowest BCUT2D eigenvalue weighted by molar-refractivity contribution is -0.387. The van der Waals surface area contributed by atoms with Gasteiger partial charge in [0.15, 0.2) is 5.16 Å². The molecular formula is C23H18N4O4S. The number of rotatable bonds is 7. The highest BCUT2D eigenvalue weighted by Crippen LogP contribution is 2.34. The van der Waals surface area contributed by atoms with E-state index in [0.717, 1.165) is 22.9 Å².